The van der Waals surface area contributed by atoms with E-state index in [2.05, 4.69) is 17.2 Å². The number of aromatic nitrogens is 1. The fourth-order valence-corrected chi connectivity index (χ4v) is 2.68. The van der Waals surface area contributed by atoms with E-state index in [1.54, 1.807) is 13.3 Å². The number of nitrogens with one attached hydrogen (secondary N) is 1. The predicted molar refractivity (Wildman–Crippen MR) is 88.3 cm³/mol. The highest BCUT2D eigenvalue weighted by Gasteiger charge is 2.51. The molecular weight excluding hydrogens is 276 g/mol. The Morgan fingerprint density at radius 2 is 2.05 bits per heavy atom. The first-order valence-corrected chi connectivity index (χ1v) is 7.59. The van der Waals surface area contributed by atoms with Crippen molar-refractivity contribution in [2.45, 2.75) is 31.6 Å². The molecule has 116 valence electrons. The average molecular weight is 298 g/mol. The molecule has 1 aromatic heterocycles. The van der Waals surface area contributed by atoms with Crippen molar-refractivity contribution in [3.63, 3.8) is 0 Å². The van der Waals surface area contributed by atoms with E-state index in [-0.39, 0.29) is 7.33 Å². The maximum atomic E-state index is 12.7. The number of carbonyl (C=O) groups is 1. The highest BCUT2D eigenvalue weighted by molar-refractivity contribution is 6.00. The van der Waals surface area contributed by atoms with Gasteiger partial charge in [-0.3, -0.25) is 4.79 Å². The number of ether oxygens (including phenoxy) is 1. The highest BCUT2D eigenvalue weighted by Crippen LogP contribution is 2.49. The molecule has 3 rings (SSSR count). The Hall–Kier alpha value is -2.36. The molecule has 1 fully saturated rings. The molecule has 0 saturated heterocycles. The van der Waals surface area contributed by atoms with E-state index in [1.165, 1.54) is 5.56 Å². The smallest absolute Gasteiger partial charge is 0.236 e. The molecule has 0 unspecified atom stereocenters. The van der Waals surface area contributed by atoms with Crippen molar-refractivity contribution in [3.8, 4) is 5.75 Å². The predicted octanol–water partition coefficient (Wildman–Crippen LogP) is 3.57. The van der Waals surface area contributed by atoms with Gasteiger partial charge in [0.05, 0.1) is 12.5 Å². The zero-order chi connectivity index (χ0) is 15.6. The van der Waals surface area contributed by atoms with E-state index in [9.17, 15) is 4.79 Å². The second kappa shape index (κ2) is 5.79. The molecule has 1 amide bonds. The van der Waals surface area contributed by atoms with Gasteiger partial charge in [0.2, 0.25) is 5.91 Å². The van der Waals surface area contributed by atoms with Crippen LogP contribution < -0.4 is 10.1 Å². The van der Waals surface area contributed by atoms with Crippen molar-refractivity contribution >= 4 is 11.7 Å². The van der Waals surface area contributed by atoms with Gasteiger partial charge in [-0.25, -0.2) is 4.98 Å². The Morgan fingerprint density at radius 3 is 2.64 bits per heavy atom. The summed E-state index contributed by atoms with van der Waals surface area (Å²) in [5.74, 6) is 1.46. The summed E-state index contributed by atoms with van der Waals surface area (Å²) in [7, 11) is 1.64. The molecule has 0 spiro atoms. The number of carbonyl (C=O) groups excluding carboxylic acids is 1. The summed E-state index contributed by atoms with van der Waals surface area (Å²) in [5, 5.41) is 2.97. The molecule has 0 aliphatic heterocycles. The first-order valence-electron chi connectivity index (χ1n) is 7.59. The van der Waals surface area contributed by atoms with Gasteiger partial charge in [-0.15, -0.1) is 0 Å². The molecule has 0 radical (unpaired) electrons. The number of pyridine rings is 1. The van der Waals surface area contributed by atoms with Crippen LogP contribution in [0, 0.1) is 0 Å². The quantitative estimate of drug-likeness (QED) is 0.918. The Bertz CT molecular complexity index is 682. The number of nitrogens with zero attached hydrogens (tertiary/aromatic N) is 1. The number of hydrogen-bond acceptors (Lipinski definition) is 3. The van der Waals surface area contributed by atoms with Crippen LogP contribution in [0.2, 0.25) is 0 Å². The van der Waals surface area contributed by atoms with Gasteiger partial charge in [-0.1, -0.05) is 19.1 Å². The molecule has 1 heterocycles. The first kappa shape index (κ1) is 14.6. The minimum Gasteiger partial charge on any atom is -0.497 e. The third-order valence-corrected chi connectivity index (χ3v) is 4.30. The Balaban J connectivity index is 0.00000192. The summed E-state index contributed by atoms with van der Waals surface area (Å²) in [5.41, 5.74) is 1.80. The molecule has 1 aliphatic carbocycles. The van der Waals surface area contributed by atoms with Gasteiger partial charge in [-0.05, 0) is 54.7 Å². The van der Waals surface area contributed by atoms with Crippen LogP contribution in [0.5, 0.6) is 5.75 Å². The Kier molecular flexibility index (Phi) is 3.84. The first-order chi connectivity index (χ1) is 10.7. The van der Waals surface area contributed by atoms with Crippen molar-refractivity contribution in [2.24, 2.45) is 0 Å². The zero-order valence-corrected chi connectivity index (χ0v) is 12.9. The van der Waals surface area contributed by atoms with E-state index < -0.39 is 5.41 Å². The molecule has 1 aromatic carbocycles. The van der Waals surface area contributed by atoms with Crippen molar-refractivity contribution in [3.05, 3.63) is 53.7 Å². The van der Waals surface area contributed by atoms with Gasteiger partial charge in [-0.2, -0.15) is 0 Å². The second-order valence-electron chi connectivity index (χ2n) is 5.67. The summed E-state index contributed by atoms with van der Waals surface area (Å²) in [4.78, 5) is 16.9. The van der Waals surface area contributed by atoms with Crippen LogP contribution in [-0.2, 0) is 16.6 Å². The fraction of sp³-hybridized carbons (Fsp3) is 0.333. The van der Waals surface area contributed by atoms with Crippen LogP contribution in [0.3, 0.4) is 0 Å². The third kappa shape index (κ3) is 2.69. The zero-order valence-electron chi connectivity index (χ0n) is 12.9. The molecule has 2 aromatic rings. The molecule has 0 atom stereocenters. The van der Waals surface area contributed by atoms with Crippen LogP contribution in [0.25, 0.3) is 0 Å². The number of benzene rings is 1. The number of amides is 1. The molecule has 4 heteroatoms. The average Bonchev–Trinajstić information content (AvgIpc) is 3.37. The number of hydrogen-bond donors (Lipinski definition) is 1. The lowest BCUT2D eigenvalue weighted by molar-refractivity contribution is -0.118. The fourth-order valence-electron chi connectivity index (χ4n) is 2.68. The topological polar surface area (TPSA) is 51.2 Å². The monoisotopic (exact) mass is 298 g/mol. The second-order valence-corrected chi connectivity index (χ2v) is 5.67. The SMILES string of the molecule is CCc1ccnc(NC(=O)C2(c3ccc(OC)cc3)CC2)c1.[HH]. The van der Waals surface area contributed by atoms with Gasteiger partial charge in [0.1, 0.15) is 11.6 Å². The summed E-state index contributed by atoms with van der Waals surface area (Å²) in [6, 6.07) is 11.6. The molecular formula is C18H22N2O2. The lowest BCUT2D eigenvalue weighted by Gasteiger charge is -2.16. The summed E-state index contributed by atoms with van der Waals surface area (Å²) < 4.78 is 5.17. The molecule has 1 aliphatic rings. The number of methoxy groups -OCH3 is 1. The minimum absolute atomic E-state index is 0. The number of anilines is 1. The van der Waals surface area contributed by atoms with E-state index >= 15 is 0 Å². The van der Waals surface area contributed by atoms with E-state index in [0.29, 0.717) is 5.82 Å². The number of rotatable bonds is 5. The Morgan fingerprint density at radius 1 is 1.32 bits per heavy atom. The highest BCUT2D eigenvalue weighted by atomic mass is 16.5. The van der Waals surface area contributed by atoms with Crippen molar-refractivity contribution in [1.29, 1.82) is 0 Å². The van der Waals surface area contributed by atoms with Crippen LogP contribution in [-0.4, -0.2) is 18.0 Å². The molecule has 1 saturated carbocycles. The van der Waals surface area contributed by atoms with Crippen LogP contribution in [0.1, 0.15) is 32.3 Å². The van der Waals surface area contributed by atoms with Gasteiger partial charge in [0.15, 0.2) is 0 Å². The van der Waals surface area contributed by atoms with Crippen LogP contribution in [0.4, 0.5) is 5.82 Å². The molecule has 4 nitrogen and oxygen atoms in total. The lowest BCUT2D eigenvalue weighted by atomic mass is 9.95. The van der Waals surface area contributed by atoms with Crippen LogP contribution >= 0.6 is 0 Å². The van der Waals surface area contributed by atoms with Crippen LogP contribution in [0.15, 0.2) is 42.6 Å². The van der Waals surface area contributed by atoms with Gasteiger partial charge < -0.3 is 10.1 Å². The number of aryl methyl sites for hydroxylation is 1. The van der Waals surface area contributed by atoms with Crippen molar-refractivity contribution < 1.29 is 11.0 Å². The maximum absolute atomic E-state index is 12.7. The standard InChI is InChI=1S/C18H20N2O2.H2/c1-3-13-8-11-19-16(12-13)20-17(21)18(9-10-18)14-4-6-15(22-2)7-5-14;/h4-8,11-12H,3,9-10H2,1-2H3,(H,19,20,21);1H. The maximum Gasteiger partial charge on any atom is 0.236 e. The van der Waals surface area contributed by atoms with Crippen molar-refractivity contribution in [1.82, 2.24) is 4.98 Å². The molecule has 1 N–H and O–H groups in total. The Labute approximate surface area is 132 Å². The molecule has 0 bridgehead atoms. The summed E-state index contributed by atoms with van der Waals surface area (Å²) in [6.07, 6.45) is 4.41. The van der Waals surface area contributed by atoms with E-state index in [0.717, 1.165) is 30.6 Å². The normalized spacial score (nSPS) is 15.2. The minimum atomic E-state index is -0.407. The van der Waals surface area contributed by atoms with Crippen molar-refractivity contribution in [2.75, 3.05) is 12.4 Å². The molecule has 22 heavy (non-hydrogen) atoms. The third-order valence-electron chi connectivity index (χ3n) is 4.30. The van der Waals surface area contributed by atoms with E-state index in [1.807, 2.05) is 36.4 Å². The van der Waals surface area contributed by atoms with Gasteiger partial charge >= 0.3 is 0 Å². The van der Waals surface area contributed by atoms with Gasteiger partial charge in [0, 0.05) is 7.62 Å². The summed E-state index contributed by atoms with van der Waals surface area (Å²) in [6.45, 7) is 2.08. The van der Waals surface area contributed by atoms with Gasteiger partial charge in [0.25, 0.3) is 0 Å². The van der Waals surface area contributed by atoms with E-state index in [4.69, 9.17) is 4.74 Å². The largest absolute Gasteiger partial charge is 0.497 e. The lowest BCUT2D eigenvalue weighted by Crippen LogP contribution is -2.28. The summed E-state index contributed by atoms with van der Waals surface area (Å²) >= 11 is 0.